The Hall–Kier alpha value is -1.56. The van der Waals surface area contributed by atoms with Gasteiger partial charge in [0.05, 0.1) is 11.5 Å². The van der Waals surface area contributed by atoms with Gasteiger partial charge in [-0.25, -0.2) is 13.2 Å². The molecular formula is C16H24N2O3S. The number of hydrogen-bond donors (Lipinski definition) is 1. The Morgan fingerprint density at radius 2 is 2.18 bits per heavy atom. The lowest BCUT2D eigenvalue weighted by Crippen LogP contribution is -2.47. The molecule has 1 unspecified atom stereocenters. The molecule has 22 heavy (non-hydrogen) atoms. The molecule has 1 saturated heterocycles. The highest BCUT2D eigenvalue weighted by molar-refractivity contribution is 7.91. The lowest BCUT2D eigenvalue weighted by molar-refractivity contribution is 0.184. The predicted molar refractivity (Wildman–Crippen MR) is 87.7 cm³/mol. The minimum atomic E-state index is -2.97. The first-order valence-electron chi connectivity index (χ1n) is 7.71. The lowest BCUT2D eigenvalue weighted by atomic mass is 10.1. The summed E-state index contributed by atoms with van der Waals surface area (Å²) in [6.07, 6.45) is 1.31. The average Bonchev–Trinajstić information content (AvgIpc) is 2.80. The van der Waals surface area contributed by atoms with E-state index in [1.165, 1.54) is 11.1 Å². The number of carbonyl (C=O) groups excluding carboxylic acids is 1. The van der Waals surface area contributed by atoms with Crippen LogP contribution in [0.3, 0.4) is 0 Å². The highest BCUT2D eigenvalue weighted by Crippen LogP contribution is 2.17. The van der Waals surface area contributed by atoms with E-state index in [0.29, 0.717) is 19.5 Å². The maximum absolute atomic E-state index is 12.2. The molecule has 5 nitrogen and oxygen atoms in total. The molecule has 0 spiro atoms. The van der Waals surface area contributed by atoms with Gasteiger partial charge in [-0.15, -0.1) is 0 Å². The van der Waals surface area contributed by atoms with Gasteiger partial charge < -0.3 is 10.2 Å². The Bertz CT molecular complexity index is 628. The van der Waals surface area contributed by atoms with Crippen molar-refractivity contribution < 1.29 is 13.2 Å². The predicted octanol–water partition coefficient (Wildman–Crippen LogP) is 1.76. The van der Waals surface area contributed by atoms with E-state index >= 15 is 0 Å². The summed E-state index contributed by atoms with van der Waals surface area (Å²) in [6, 6.07) is 7.84. The van der Waals surface area contributed by atoms with Gasteiger partial charge in [-0.2, -0.15) is 0 Å². The molecule has 0 aliphatic carbocycles. The number of aryl methyl sites for hydroxylation is 1. The summed E-state index contributed by atoms with van der Waals surface area (Å²) >= 11 is 0. The number of sulfone groups is 1. The monoisotopic (exact) mass is 324 g/mol. The molecule has 1 heterocycles. The summed E-state index contributed by atoms with van der Waals surface area (Å²) in [5.41, 5.74) is 2.39. The molecule has 1 aromatic carbocycles. The number of amides is 2. The molecule has 0 bridgehead atoms. The van der Waals surface area contributed by atoms with E-state index in [9.17, 15) is 13.2 Å². The normalized spacial score (nSPS) is 19.8. The largest absolute Gasteiger partial charge is 0.338 e. The van der Waals surface area contributed by atoms with E-state index in [0.717, 1.165) is 6.42 Å². The van der Waals surface area contributed by atoms with Crippen LogP contribution in [-0.2, 0) is 16.3 Å². The highest BCUT2D eigenvalue weighted by Gasteiger charge is 2.33. The van der Waals surface area contributed by atoms with Crippen molar-refractivity contribution in [2.45, 2.75) is 32.7 Å². The van der Waals surface area contributed by atoms with Gasteiger partial charge in [0.1, 0.15) is 0 Å². The maximum Gasteiger partial charge on any atom is 0.317 e. The number of nitrogens with one attached hydrogen (secondary N) is 1. The molecule has 1 fully saturated rings. The van der Waals surface area contributed by atoms with Crippen LogP contribution >= 0.6 is 0 Å². The fraction of sp³-hybridized carbons (Fsp3) is 0.562. The molecule has 0 radical (unpaired) electrons. The van der Waals surface area contributed by atoms with Gasteiger partial charge in [0.15, 0.2) is 9.84 Å². The van der Waals surface area contributed by atoms with E-state index in [4.69, 9.17) is 0 Å². The molecule has 1 N–H and O–H groups in total. The van der Waals surface area contributed by atoms with Crippen LogP contribution < -0.4 is 5.32 Å². The standard InChI is InChI=1S/C16H24N2O3S/c1-3-18(15-8-10-22(20,21)12-15)16(19)17-9-7-14-6-4-5-13(2)11-14/h4-6,11,15H,3,7-10,12H2,1-2H3,(H,17,19). The third kappa shape index (κ3) is 4.47. The molecule has 0 saturated carbocycles. The van der Waals surface area contributed by atoms with Crippen molar-refractivity contribution in [3.63, 3.8) is 0 Å². The van der Waals surface area contributed by atoms with Crippen molar-refractivity contribution in [3.8, 4) is 0 Å². The van der Waals surface area contributed by atoms with Gasteiger partial charge >= 0.3 is 6.03 Å². The number of nitrogens with zero attached hydrogens (tertiary/aromatic N) is 1. The first-order valence-corrected chi connectivity index (χ1v) is 9.54. The van der Waals surface area contributed by atoms with Crippen molar-refractivity contribution >= 4 is 15.9 Å². The van der Waals surface area contributed by atoms with Crippen LogP contribution in [0.25, 0.3) is 0 Å². The minimum absolute atomic E-state index is 0.0894. The minimum Gasteiger partial charge on any atom is -0.338 e. The SMILES string of the molecule is CCN(C(=O)NCCc1cccc(C)c1)C1CCS(=O)(=O)C1. The molecule has 1 aliphatic rings. The Balaban J connectivity index is 1.85. The third-order valence-electron chi connectivity index (χ3n) is 4.02. The van der Waals surface area contributed by atoms with Crippen molar-refractivity contribution in [1.82, 2.24) is 10.2 Å². The zero-order valence-electron chi connectivity index (χ0n) is 13.2. The van der Waals surface area contributed by atoms with Crippen LogP contribution in [0.2, 0.25) is 0 Å². The molecule has 6 heteroatoms. The second-order valence-electron chi connectivity index (χ2n) is 5.81. The number of hydrogen-bond acceptors (Lipinski definition) is 3. The van der Waals surface area contributed by atoms with E-state index < -0.39 is 9.84 Å². The maximum atomic E-state index is 12.2. The molecule has 122 valence electrons. The Morgan fingerprint density at radius 1 is 1.41 bits per heavy atom. The topological polar surface area (TPSA) is 66.5 Å². The zero-order valence-corrected chi connectivity index (χ0v) is 14.0. The fourth-order valence-corrected chi connectivity index (χ4v) is 4.60. The van der Waals surface area contributed by atoms with Gasteiger partial charge in [-0.1, -0.05) is 29.8 Å². The number of rotatable bonds is 5. The van der Waals surface area contributed by atoms with Crippen LogP contribution in [0.15, 0.2) is 24.3 Å². The Morgan fingerprint density at radius 3 is 2.77 bits per heavy atom. The first kappa shape index (κ1) is 16.8. The summed E-state index contributed by atoms with van der Waals surface area (Å²) in [5.74, 6) is 0.275. The van der Waals surface area contributed by atoms with E-state index in [2.05, 4.69) is 11.4 Å². The molecule has 2 amide bonds. The molecule has 1 aliphatic heterocycles. The van der Waals surface area contributed by atoms with Gasteiger partial charge in [-0.05, 0) is 32.3 Å². The van der Waals surface area contributed by atoms with Crippen molar-refractivity contribution in [1.29, 1.82) is 0 Å². The second kappa shape index (κ2) is 7.13. The van der Waals surface area contributed by atoms with E-state index in [1.807, 2.05) is 32.0 Å². The van der Waals surface area contributed by atoms with Crippen molar-refractivity contribution in [3.05, 3.63) is 35.4 Å². The van der Waals surface area contributed by atoms with Crippen LogP contribution in [0.5, 0.6) is 0 Å². The lowest BCUT2D eigenvalue weighted by Gasteiger charge is -2.27. The number of urea groups is 1. The van der Waals surface area contributed by atoms with Gasteiger partial charge in [-0.3, -0.25) is 0 Å². The third-order valence-corrected chi connectivity index (χ3v) is 5.77. The quantitative estimate of drug-likeness (QED) is 0.897. The molecule has 1 aromatic rings. The molecule has 1 atom stereocenters. The fourth-order valence-electron chi connectivity index (χ4n) is 2.87. The highest BCUT2D eigenvalue weighted by atomic mass is 32.2. The summed E-state index contributed by atoms with van der Waals surface area (Å²) in [5, 5.41) is 2.90. The summed E-state index contributed by atoms with van der Waals surface area (Å²) in [6.45, 7) is 5.00. The van der Waals surface area contributed by atoms with Crippen LogP contribution in [0.4, 0.5) is 4.79 Å². The van der Waals surface area contributed by atoms with Gasteiger partial charge in [0.2, 0.25) is 0 Å². The van der Waals surface area contributed by atoms with Crippen LogP contribution in [0.1, 0.15) is 24.5 Å². The van der Waals surface area contributed by atoms with Crippen molar-refractivity contribution in [2.75, 3.05) is 24.6 Å². The summed E-state index contributed by atoms with van der Waals surface area (Å²) in [4.78, 5) is 13.9. The molecular weight excluding hydrogens is 300 g/mol. The Labute approximate surface area is 132 Å². The van der Waals surface area contributed by atoms with Crippen molar-refractivity contribution in [2.24, 2.45) is 0 Å². The average molecular weight is 324 g/mol. The second-order valence-corrected chi connectivity index (χ2v) is 8.04. The number of benzene rings is 1. The zero-order chi connectivity index (χ0) is 16.2. The van der Waals surface area contributed by atoms with Gasteiger partial charge in [0.25, 0.3) is 0 Å². The smallest absolute Gasteiger partial charge is 0.317 e. The summed E-state index contributed by atoms with van der Waals surface area (Å²) < 4.78 is 23.1. The van der Waals surface area contributed by atoms with Gasteiger partial charge in [0, 0.05) is 19.1 Å². The molecule has 2 rings (SSSR count). The van der Waals surface area contributed by atoms with Crippen LogP contribution in [0, 0.1) is 6.92 Å². The number of carbonyl (C=O) groups is 1. The summed E-state index contributed by atoms with van der Waals surface area (Å²) in [7, 11) is -2.97. The van der Waals surface area contributed by atoms with E-state index in [-0.39, 0.29) is 23.6 Å². The first-order chi connectivity index (χ1) is 10.4. The van der Waals surface area contributed by atoms with Crippen LogP contribution in [-0.4, -0.2) is 50.0 Å². The Kier molecular flexibility index (Phi) is 5.45. The van der Waals surface area contributed by atoms with E-state index in [1.54, 1.807) is 4.90 Å². The molecule has 0 aromatic heterocycles.